The highest BCUT2D eigenvalue weighted by Crippen LogP contribution is 2.02. The van der Waals surface area contributed by atoms with Crippen molar-refractivity contribution in [2.45, 2.75) is 20.4 Å². The zero-order valence-electron chi connectivity index (χ0n) is 6.16. The van der Waals surface area contributed by atoms with Crippen molar-refractivity contribution in [2.24, 2.45) is 0 Å². The second kappa shape index (κ2) is 2.64. The molecule has 0 fully saturated rings. The van der Waals surface area contributed by atoms with Crippen LogP contribution in [0.25, 0.3) is 0 Å². The molecule has 1 aromatic heterocycles. The molecule has 54 valence electrons. The van der Waals surface area contributed by atoms with Crippen LogP contribution in [0.3, 0.4) is 0 Å². The van der Waals surface area contributed by atoms with Crippen molar-refractivity contribution in [1.82, 2.24) is 9.78 Å². The maximum absolute atomic E-state index is 10.4. The van der Waals surface area contributed by atoms with Crippen molar-refractivity contribution < 1.29 is 4.79 Å². The monoisotopic (exact) mass is 138 g/mol. The molecular weight excluding hydrogens is 128 g/mol. The zero-order valence-corrected chi connectivity index (χ0v) is 6.16. The second-order valence-electron chi connectivity index (χ2n) is 2.15. The molecule has 3 heteroatoms. The van der Waals surface area contributed by atoms with Gasteiger partial charge in [0.05, 0.1) is 6.20 Å². The highest BCUT2D eigenvalue weighted by molar-refractivity contribution is 5.74. The quantitative estimate of drug-likeness (QED) is 0.572. The van der Waals surface area contributed by atoms with Gasteiger partial charge in [-0.1, -0.05) is 0 Å². The average molecular weight is 138 g/mol. The molecule has 0 bridgehead atoms. The van der Waals surface area contributed by atoms with E-state index in [-0.39, 0.29) is 0 Å². The molecule has 0 unspecified atom stereocenters. The Morgan fingerprint density at radius 2 is 2.50 bits per heavy atom. The summed E-state index contributed by atoms with van der Waals surface area (Å²) in [6.45, 7) is 4.59. The third kappa shape index (κ3) is 0.943. The molecule has 0 atom stereocenters. The van der Waals surface area contributed by atoms with E-state index in [9.17, 15) is 4.79 Å². The Labute approximate surface area is 59.7 Å². The van der Waals surface area contributed by atoms with Crippen LogP contribution >= 0.6 is 0 Å². The lowest BCUT2D eigenvalue weighted by molar-refractivity contribution is 0.111. The van der Waals surface area contributed by atoms with E-state index in [1.54, 1.807) is 10.9 Å². The van der Waals surface area contributed by atoms with E-state index in [2.05, 4.69) is 5.10 Å². The number of aromatic nitrogens is 2. The van der Waals surface area contributed by atoms with Gasteiger partial charge in [0.1, 0.15) is 5.69 Å². The number of hydrogen-bond donors (Lipinski definition) is 0. The molecule has 10 heavy (non-hydrogen) atoms. The fourth-order valence-corrected chi connectivity index (χ4v) is 0.894. The third-order valence-corrected chi connectivity index (χ3v) is 1.48. The van der Waals surface area contributed by atoms with Crippen molar-refractivity contribution in [3.05, 3.63) is 17.5 Å². The average Bonchev–Trinajstić information content (AvgIpc) is 2.30. The summed E-state index contributed by atoms with van der Waals surface area (Å²) >= 11 is 0. The Hall–Kier alpha value is -1.12. The fraction of sp³-hybridized carbons (Fsp3) is 0.429. The van der Waals surface area contributed by atoms with Crippen LogP contribution in [0.15, 0.2) is 6.20 Å². The number of hydrogen-bond acceptors (Lipinski definition) is 2. The van der Waals surface area contributed by atoms with Gasteiger partial charge in [0, 0.05) is 6.54 Å². The number of rotatable bonds is 2. The summed E-state index contributed by atoms with van der Waals surface area (Å²) in [6, 6.07) is 0. The first-order valence-corrected chi connectivity index (χ1v) is 3.27. The molecule has 0 aliphatic heterocycles. The van der Waals surface area contributed by atoms with E-state index >= 15 is 0 Å². The van der Waals surface area contributed by atoms with E-state index in [0.717, 1.165) is 18.4 Å². The molecular formula is C7H10N2O. The Morgan fingerprint density at radius 1 is 1.80 bits per heavy atom. The summed E-state index contributed by atoms with van der Waals surface area (Å²) in [5.41, 5.74) is 1.62. The van der Waals surface area contributed by atoms with Crippen molar-refractivity contribution in [2.75, 3.05) is 0 Å². The summed E-state index contributed by atoms with van der Waals surface area (Å²) in [5, 5.41) is 3.99. The maximum atomic E-state index is 10.4. The molecule has 0 saturated heterocycles. The second-order valence-corrected chi connectivity index (χ2v) is 2.15. The molecule has 3 nitrogen and oxygen atoms in total. The summed E-state index contributed by atoms with van der Waals surface area (Å²) < 4.78 is 1.68. The highest BCUT2D eigenvalue weighted by Gasteiger charge is 2.02. The molecule has 1 rings (SSSR count). The van der Waals surface area contributed by atoms with Crippen LogP contribution in [0.1, 0.15) is 23.0 Å². The van der Waals surface area contributed by atoms with E-state index in [1.807, 2.05) is 13.8 Å². The summed E-state index contributed by atoms with van der Waals surface area (Å²) in [5.74, 6) is 0. The van der Waals surface area contributed by atoms with Gasteiger partial charge in [-0.25, -0.2) is 0 Å². The Kier molecular flexibility index (Phi) is 1.85. The molecule has 0 aromatic carbocycles. The molecule has 1 aromatic rings. The van der Waals surface area contributed by atoms with Gasteiger partial charge in [-0.15, -0.1) is 0 Å². The van der Waals surface area contributed by atoms with E-state index < -0.39 is 0 Å². The predicted octanol–water partition coefficient (Wildman–Crippen LogP) is 1.02. The van der Waals surface area contributed by atoms with Crippen LogP contribution < -0.4 is 0 Å². The molecule has 0 radical (unpaired) electrons. The van der Waals surface area contributed by atoms with E-state index in [1.165, 1.54) is 0 Å². The maximum Gasteiger partial charge on any atom is 0.168 e. The molecule has 0 N–H and O–H groups in total. The molecule has 1 heterocycles. The minimum atomic E-state index is 0.683. The molecule has 0 aliphatic rings. The summed E-state index contributed by atoms with van der Waals surface area (Å²) in [6.07, 6.45) is 2.54. The van der Waals surface area contributed by atoms with Gasteiger partial charge in [0.25, 0.3) is 0 Å². The highest BCUT2D eigenvalue weighted by atomic mass is 16.1. The molecule has 0 aliphatic carbocycles. The molecule has 0 saturated carbocycles. The van der Waals surface area contributed by atoms with E-state index in [0.29, 0.717) is 5.69 Å². The van der Waals surface area contributed by atoms with Gasteiger partial charge in [-0.2, -0.15) is 5.10 Å². The van der Waals surface area contributed by atoms with Crippen molar-refractivity contribution >= 4 is 6.29 Å². The van der Waals surface area contributed by atoms with E-state index in [4.69, 9.17) is 0 Å². The lowest BCUT2D eigenvalue weighted by Gasteiger charge is -1.95. The lowest BCUT2D eigenvalue weighted by atomic mass is 10.3. The van der Waals surface area contributed by atoms with Crippen LogP contribution in [0, 0.1) is 6.92 Å². The lowest BCUT2D eigenvalue weighted by Crippen LogP contribution is -2.01. The van der Waals surface area contributed by atoms with Crippen LogP contribution in [-0.4, -0.2) is 16.1 Å². The van der Waals surface area contributed by atoms with Crippen molar-refractivity contribution in [1.29, 1.82) is 0 Å². The topological polar surface area (TPSA) is 34.9 Å². The Balaban J connectivity index is 3.12. The van der Waals surface area contributed by atoms with Gasteiger partial charge in [0.2, 0.25) is 0 Å². The largest absolute Gasteiger partial charge is 0.296 e. The van der Waals surface area contributed by atoms with Crippen LogP contribution in [0.4, 0.5) is 0 Å². The Bertz CT molecular complexity index is 240. The van der Waals surface area contributed by atoms with Crippen molar-refractivity contribution in [3.63, 3.8) is 0 Å². The summed E-state index contributed by atoms with van der Waals surface area (Å²) in [7, 11) is 0. The normalized spacial score (nSPS) is 9.80. The van der Waals surface area contributed by atoms with Gasteiger partial charge in [-0.3, -0.25) is 9.48 Å². The molecule has 0 amide bonds. The van der Waals surface area contributed by atoms with Gasteiger partial charge in [0.15, 0.2) is 6.29 Å². The minimum absolute atomic E-state index is 0.683. The first-order valence-electron chi connectivity index (χ1n) is 3.27. The number of nitrogens with zero attached hydrogens (tertiary/aromatic N) is 2. The molecule has 0 spiro atoms. The van der Waals surface area contributed by atoms with Crippen LogP contribution in [0.5, 0.6) is 0 Å². The van der Waals surface area contributed by atoms with Gasteiger partial charge < -0.3 is 0 Å². The standard InChI is InChI=1S/C7H10N2O/c1-3-9-7(5-10)6(2)4-8-9/h4-5H,3H2,1-2H3. The summed E-state index contributed by atoms with van der Waals surface area (Å²) in [4.78, 5) is 10.4. The van der Waals surface area contributed by atoms with Gasteiger partial charge in [-0.05, 0) is 19.4 Å². The smallest absolute Gasteiger partial charge is 0.168 e. The number of aryl methyl sites for hydroxylation is 2. The van der Waals surface area contributed by atoms with Crippen LogP contribution in [-0.2, 0) is 6.54 Å². The fourth-order valence-electron chi connectivity index (χ4n) is 0.894. The third-order valence-electron chi connectivity index (χ3n) is 1.48. The van der Waals surface area contributed by atoms with Crippen LogP contribution in [0.2, 0.25) is 0 Å². The Morgan fingerprint density at radius 3 is 2.90 bits per heavy atom. The number of aldehydes is 1. The first kappa shape index (κ1) is 6.99. The zero-order chi connectivity index (χ0) is 7.56. The number of carbonyl (C=O) groups excluding carboxylic acids is 1. The number of carbonyl (C=O) groups is 1. The predicted molar refractivity (Wildman–Crippen MR) is 38.0 cm³/mol. The van der Waals surface area contributed by atoms with Crippen molar-refractivity contribution in [3.8, 4) is 0 Å². The minimum Gasteiger partial charge on any atom is -0.296 e. The SMILES string of the molecule is CCn1ncc(C)c1C=O. The van der Waals surface area contributed by atoms with Gasteiger partial charge >= 0.3 is 0 Å². The first-order chi connectivity index (χ1) is 4.79.